The lowest BCUT2D eigenvalue weighted by atomic mass is 9.76. The Morgan fingerprint density at radius 1 is 1.15 bits per heavy atom. The van der Waals surface area contributed by atoms with E-state index in [1.165, 1.54) is 23.4 Å². The SMILES string of the molecule is CC(=O)c1ccc2c(c1)[C@@H]1[C@H](Cl)[C@H](Sc3ccccc3[N+](=O)[O-])C[C@H]1[C@@H](c1ccc(Br)cc1)N2. The summed E-state index contributed by atoms with van der Waals surface area (Å²) in [5, 5.41) is 15.0. The van der Waals surface area contributed by atoms with Crippen LogP contribution in [0.5, 0.6) is 0 Å². The summed E-state index contributed by atoms with van der Waals surface area (Å²) in [5.74, 6) is 0.217. The second-order valence-corrected chi connectivity index (χ2v) is 11.5. The number of hydrogen-bond donors (Lipinski definition) is 1. The zero-order valence-electron chi connectivity index (χ0n) is 18.3. The maximum atomic E-state index is 12.1. The third kappa shape index (κ3) is 4.25. The van der Waals surface area contributed by atoms with Gasteiger partial charge in [0.1, 0.15) is 0 Å². The first-order valence-corrected chi connectivity index (χ1v) is 13.2. The van der Waals surface area contributed by atoms with E-state index in [9.17, 15) is 14.9 Å². The van der Waals surface area contributed by atoms with Crippen molar-refractivity contribution in [3.05, 3.63) is 98.0 Å². The van der Waals surface area contributed by atoms with E-state index in [1.54, 1.807) is 19.1 Å². The van der Waals surface area contributed by atoms with Gasteiger partial charge in [-0.25, -0.2) is 0 Å². The molecular formula is C26H22BrClN2O3S. The van der Waals surface area contributed by atoms with Crippen LogP contribution in [0, 0.1) is 16.0 Å². The number of nitro benzene ring substituents is 1. The minimum atomic E-state index is -0.339. The Balaban J connectivity index is 1.55. The molecule has 1 heterocycles. The number of rotatable bonds is 5. The maximum absolute atomic E-state index is 12.1. The summed E-state index contributed by atoms with van der Waals surface area (Å²) in [5.41, 5.74) is 3.98. The highest BCUT2D eigenvalue weighted by Crippen LogP contribution is 2.58. The number of nitrogens with zero attached hydrogens (tertiary/aromatic N) is 1. The van der Waals surface area contributed by atoms with Crippen LogP contribution in [0.25, 0.3) is 0 Å². The van der Waals surface area contributed by atoms with Crippen LogP contribution in [0.4, 0.5) is 11.4 Å². The molecule has 1 N–H and O–H groups in total. The van der Waals surface area contributed by atoms with Gasteiger partial charge in [0.15, 0.2) is 5.78 Å². The molecule has 0 spiro atoms. The van der Waals surface area contributed by atoms with Gasteiger partial charge < -0.3 is 5.32 Å². The molecule has 0 radical (unpaired) electrons. The summed E-state index contributed by atoms with van der Waals surface area (Å²) in [6.45, 7) is 1.57. The average molecular weight is 558 g/mol. The topological polar surface area (TPSA) is 72.2 Å². The number of thioether (sulfide) groups is 1. The number of ketones is 1. The summed E-state index contributed by atoms with van der Waals surface area (Å²) in [7, 11) is 0. The summed E-state index contributed by atoms with van der Waals surface area (Å²) in [4.78, 5) is 24.0. The molecule has 8 heteroatoms. The number of carbonyl (C=O) groups excluding carboxylic acids is 1. The van der Waals surface area contributed by atoms with Crippen LogP contribution in [0.3, 0.4) is 0 Å². The second kappa shape index (κ2) is 9.36. The van der Waals surface area contributed by atoms with Gasteiger partial charge in [-0.15, -0.1) is 23.4 Å². The monoisotopic (exact) mass is 556 g/mol. The highest BCUT2D eigenvalue weighted by atomic mass is 79.9. The molecule has 1 aliphatic heterocycles. The third-order valence-corrected chi connectivity index (χ3v) is 9.43. The Morgan fingerprint density at radius 2 is 1.88 bits per heavy atom. The van der Waals surface area contributed by atoms with Crippen LogP contribution >= 0.6 is 39.3 Å². The number of carbonyl (C=O) groups is 1. The minimum absolute atomic E-state index is 0.00977. The molecule has 1 aliphatic carbocycles. The number of Topliss-reactive ketones (excluding diaryl/α,β-unsaturated/α-hetero) is 1. The van der Waals surface area contributed by atoms with Crippen molar-refractivity contribution in [2.45, 2.75) is 40.8 Å². The van der Waals surface area contributed by atoms with E-state index in [-0.39, 0.29) is 44.9 Å². The van der Waals surface area contributed by atoms with Crippen molar-refractivity contribution in [3.8, 4) is 0 Å². The Morgan fingerprint density at radius 3 is 2.59 bits per heavy atom. The predicted molar refractivity (Wildman–Crippen MR) is 140 cm³/mol. The van der Waals surface area contributed by atoms with Gasteiger partial charge >= 0.3 is 0 Å². The zero-order chi connectivity index (χ0) is 24.0. The first-order valence-electron chi connectivity index (χ1n) is 11.0. The summed E-state index contributed by atoms with van der Waals surface area (Å²) < 4.78 is 1.02. The molecule has 2 aliphatic rings. The lowest BCUT2D eigenvalue weighted by molar-refractivity contribution is -0.387. The standard InChI is InChI=1S/C26H22BrClN2O3S/c1-14(31)16-8-11-20-18(12-16)24-19(26(29-20)15-6-9-17(27)10-7-15)13-23(25(24)28)34-22-5-3-2-4-21(22)30(32)33/h2-12,19,23-26,29H,13H2,1H3/t19-,23-,24+,25-,26-/m1/s1. The van der Waals surface area contributed by atoms with Crippen molar-refractivity contribution in [2.24, 2.45) is 5.92 Å². The lowest BCUT2D eigenvalue weighted by Gasteiger charge is -2.38. The van der Waals surface area contributed by atoms with Gasteiger partial charge in [0.05, 0.1) is 21.2 Å². The van der Waals surface area contributed by atoms with Gasteiger partial charge in [-0.05, 0) is 66.8 Å². The molecule has 5 atom stereocenters. The molecule has 174 valence electrons. The quantitative estimate of drug-likeness (QED) is 0.151. The minimum Gasteiger partial charge on any atom is -0.378 e. The smallest absolute Gasteiger partial charge is 0.282 e. The largest absolute Gasteiger partial charge is 0.378 e. The number of alkyl halides is 1. The molecule has 5 nitrogen and oxygen atoms in total. The van der Waals surface area contributed by atoms with E-state index in [4.69, 9.17) is 11.6 Å². The summed E-state index contributed by atoms with van der Waals surface area (Å²) >= 11 is 12.2. The van der Waals surface area contributed by atoms with E-state index in [2.05, 4.69) is 33.4 Å². The van der Waals surface area contributed by atoms with Gasteiger partial charge in [-0.2, -0.15) is 0 Å². The molecule has 3 aromatic carbocycles. The van der Waals surface area contributed by atoms with Gasteiger partial charge in [0, 0.05) is 33.0 Å². The Labute approximate surface area is 215 Å². The first kappa shape index (κ1) is 23.4. The molecular weight excluding hydrogens is 536 g/mol. The van der Waals surface area contributed by atoms with E-state index in [0.29, 0.717) is 10.5 Å². The van der Waals surface area contributed by atoms with Crippen molar-refractivity contribution in [1.29, 1.82) is 0 Å². The van der Waals surface area contributed by atoms with Crippen molar-refractivity contribution in [2.75, 3.05) is 5.32 Å². The number of para-hydroxylation sites is 1. The van der Waals surface area contributed by atoms with Crippen LogP contribution < -0.4 is 5.32 Å². The fourth-order valence-electron chi connectivity index (χ4n) is 5.21. The van der Waals surface area contributed by atoms with Gasteiger partial charge in [0.25, 0.3) is 5.69 Å². The normalized spacial score (nSPS) is 25.2. The van der Waals surface area contributed by atoms with Crippen molar-refractivity contribution in [1.82, 2.24) is 0 Å². The Bertz CT molecular complexity index is 1270. The van der Waals surface area contributed by atoms with E-state index in [1.807, 2.05) is 36.4 Å². The molecule has 34 heavy (non-hydrogen) atoms. The number of anilines is 1. The van der Waals surface area contributed by atoms with Gasteiger partial charge in [-0.1, -0.05) is 40.2 Å². The number of nitrogens with one attached hydrogen (secondary N) is 1. The third-order valence-electron chi connectivity index (χ3n) is 6.79. The zero-order valence-corrected chi connectivity index (χ0v) is 21.4. The van der Waals surface area contributed by atoms with Gasteiger partial charge in [0.2, 0.25) is 0 Å². The highest BCUT2D eigenvalue weighted by molar-refractivity contribution is 9.10. The van der Waals surface area contributed by atoms with Crippen LogP contribution in [0.1, 0.15) is 46.8 Å². The molecule has 0 aromatic heterocycles. The number of fused-ring (bicyclic) bond motifs is 3. The number of hydrogen-bond acceptors (Lipinski definition) is 5. The van der Waals surface area contributed by atoms with Crippen LogP contribution in [0.2, 0.25) is 0 Å². The van der Waals surface area contributed by atoms with Crippen LogP contribution in [-0.2, 0) is 0 Å². The number of halogens is 2. The molecule has 1 fully saturated rings. The molecule has 3 aromatic rings. The number of benzene rings is 3. The summed E-state index contributed by atoms with van der Waals surface area (Å²) in [6, 6.07) is 21.0. The van der Waals surface area contributed by atoms with Crippen LogP contribution in [-0.4, -0.2) is 21.3 Å². The lowest BCUT2D eigenvalue weighted by Crippen LogP contribution is -2.31. The fourth-order valence-corrected chi connectivity index (χ4v) is 7.41. The fraction of sp³-hybridized carbons (Fsp3) is 0.269. The molecule has 5 rings (SSSR count). The van der Waals surface area contributed by atoms with Crippen molar-refractivity contribution < 1.29 is 9.72 Å². The molecule has 0 saturated heterocycles. The van der Waals surface area contributed by atoms with Crippen molar-refractivity contribution in [3.63, 3.8) is 0 Å². The Kier molecular flexibility index (Phi) is 6.44. The van der Waals surface area contributed by atoms with Gasteiger partial charge in [-0.3, -0.25) is 14.9 Å². The van der Waals surface area contributed by atoms with Crippen molar-refractivity contribution >= 4 is 56.5 Å². The molecule has 0 amide bonds. The van der Waals surface area contributed by atoms with Crippen LogP contribution in [0.15, 0.2) is 76.1 Å². The Hall–Kier alpha value is -2.35. The molecule has 1 saturated carbocycles. The van der Waals surface area contributed by atoms with E-state index < -0.39 is 0 Å². The number of nitro groups is 1. The van der Waals surface area contributed by atoms with E-state index in [0.717, 1.165) is 22.1 Å². The molecule has 0 unspecified atom stereocenters. The first-order chi connectivity index (χ1) is 16.3. The molecule has 0 bridgehead atoms. The average Bonchev–Trinajstić information content (AvgIpc) is 3.15. The highest BCUT2D eigenvalue weighted by Gasteiger charge is 2.50. The van der Waals surface area contributed by atoms with E-state index >= 15 is 0 Å². The summed E-state index contributed by atoms with van der Waals surface area (Å²) in [6.07, 6.45) is 0.799. The second-order valence-electron chi connectivity index (χ2n) is 8.78. The predicted octanol–water partition coefficient (Wildman–Crippen LogP) is 7.60. The maximum Gasteiger partial charge on any atom is 0.282 e.